The van der Waals surface area contributed by atoms with Crippen molar-refractivity contribution in [3.8, 4) is 0 Å². The first-order valence-corrected chi connectivity index (χ1v) is 10.1. The molecular weight excluding hydrogens is 264 g/mol. The molecule has 20 heavy (non-hydrogen) atoms. The summed E-state index contributed by atoms with van der Waals surface area (Å²) in [5.74, 6) is 0. The molecule has 0 aliphatic rings. The average molecular weight is 290 g/mol. The molecule has 2 aromatic heterocycles. The molecular formula is C16H26N2OSi. The number of aromatic nitrogens is 2. The molecule has 0 aromatic carbocycles. The molecule has 0 fully saturated rings. The summed E-state index contributed by atoms with van der Waals surface area (Å²) in [5.41, 5.74) is 1.87. The highest BCUT2D eigenvalue weighted by Crippen LogP contribution is 2.41. The van der Waals surface area contributed by atoms with Crippen LogP contribution in [0, 0.1) is 0 Å². The summed E-state index contributed by atoms with van der Waals surface area (Å²) in [5, 5.41) is 0.212. The minimum absolute atomic E-state index is 0.212. The molecule has 0 aliphatic carbocycles. The minimum atomic E-state index is -1.80. The SMILES string of the molecule is CC(C)(O[Si](C)(C)C(C)(C)C)c1ccc2nccn2c1. The Morgan fingerprint density at radius 2 is 1.75 bits per heavy atom. The van der Waals surface area contributed by atoms with E-state index in [-0.39, 0.29) is 10.6 Å². The third kappa shape index (κ3) is 2.81. The Morgan fingerprint density at radius 1 is 1.10 bits per heavy atom. The summed E-state index contributed by atoms with van der Waals surface area (Å²) < 4.78 is 8.65. The highest BCUT2D eigenvalue weighted by Gasteiger charge is 2.41. The lowest BCUT2D eigenvalue weighted by molar-refractivity contribution is 0.0898. The summed E-state index contributed by atoms with van der Waals surface area (Å²) in [7, 11) is -1.80. The Kier molecular flexibility index (Phi) is 3.59. The maximum absolute atomic E-state index is 6.61. The van der Waals surface area contributed by atoms with Crippen LogP contribution in [0.5, 0.6) is 0 Å². The van der Waals surface area contributed by atoms with Crippen LogP contribution in [0.2, 0.25) is 18.1 Å². The van der Waals surface area contributed by atoms with E-state index in [9.17, 15) is 0 Å². The molecule has 0 saturated heterocycles. The average Bonchev–Trinajstić information content (AvgIpc) is 2.72. The summed E-state index contributed by atoms with van der Waals surface area (Å²) >= 11 is 0. The summed E-state index contributed by atoms with van der Waals surface area (Å²) in [6.45, 7) is 15.7. The third-order valence-corrected chi connectivity index (χ3v) is 9.03. The van der Waals surface area contributed by atoms with Crippen molar-refractivity contribution in [3.05, 3.63) is 36.3 Å². The van der Waals surface area contributed by atoms with Crippen LogP contribution in [0.1, 0.15) is 40.2 Å². The molecule has 0 bridgehead atoms. The highest BCUT2D eigenvalue weighted by molar-refractivity contribution is 6.74. The third-order valence-electron chi connectivity index (χ3n) is 4.40. The maximum atomic E-state index is 6.61. The fraction of sp³-hybridized carbons (Fsp3) is 0.562. The molecule has 0 aliphatic heterocycles. The van der Waals surface area contributed by atoms with Crippen LogP contribution in [-0.4, -0.2) is 17.7 Å². The van der Waals surface area contributed by atoms with E-state index in [0.717, 1.165) is 5.65 Å². The van der Waals surface area contributed by atoms with Crippen LogP contribution >= 0.6 is 0 Å². The zero-order valence-electron chi connectivity index (χ0n) is 13.7. The number of imidazole rings is 1. The largest absolute Gasteiger partial charge is 0.408 e. The molecule has 0 spiro atoms. The second-order valence-electron chi connectivity index (χ2n) is 7.48. The number of fused-ring (bicyclic) bond motifs is 1. The molecule has 0 atom stereocenters. The maximum Gasteiger partial charge on any atom is 0.193 e. The van der Waals surface area contributed by atoms with Crippen LogP contribution in [0.15, 0.2) is 30.7 Å². The van der Waals surface area contributed by atoms with Gasteiger partial charge in [-0.1, -0.05) is 26.8 Å². The van der Waals surface area contributed by atoms with Crippen molar-refractivity contribution in [3.63, 3.8) is 0 Å². The van der Waals surface area contributed by atoms with Crippen molar-refractivity contribution in [2.75, 3.05) is 0 Å². The Hall–Kier alpha value is -1.13. The van der Waals surface area contributed by atoms with Crippen LogP contribution in [0.4, 0.5) is 0 Å². The standard InChI is InChI=1S/C16H26N2OSi/c1-15(2,3)20(6,7)19-16(4,5)13-8-9-14-17-10-11-18(14)12-13/h8-12H,1-7H3. The zero-order chi connectivity index (χ0) is 15.2. The van der Waals surface area contributed by atoms with Gasteiger partial charge in [-0.15, -0.1) is 0 Å². The van der Waals surface area contributed by atoms with Gasteiger partial charge in [0.15, 0.2) is 8.32 Å². The first-order valence-electron chi connectivity index (χ1n) is 7.16. The second-order valence-corrected chi connectivity index (χ2v) is 12.2. The fourth-order valence-corrected chi connectivity index (χ4v) is 3.83. The topological polar surface area (TPSA) is 26.5 Å². The van der Waals surface area contributed by atoms with Crippen LogP contribution in [0.3, 0.4) is 0 Å². The van der Waals surface area contributed by atoms with Gasteiger partial charge in [0.2, 0.25) is 0 Å². The highest BCUT2D eigenvalue weighted by atomic mass is 28.4. The van der Waals surface area contributed by atoms with Gasteiger partial charge < -0.3 is 8.83 Å². The van der Waals surface area contributed by atoms with Crippen LogP contribution < -0.4 is 0 Å². The van der Waals surface area contributed by atoms with Crippen molar-refractivity contribution in [1.82, 2.24) is 9.38 Å². The lowest BCUT2D eigenvalue weighted by atomic mass is 10.0. The fourth-order valence-electron chi connectivity index (χ4n) is 2.13. The molecule has 0 amide bonds. The summed E-state index contributed by atoms with van der Waals surface area (Å²) in [6, 6.07) is 4.17. The number of rotatable bonds is 3. The van der Waals surface area contributed by atoms with E-state index in [1.54, 1.807) is 0 Å². The Labute approximate surface area is 123 Å². The molecule has 0 N–H and O–H groups in total. The molecule has 2 aromatic rings. The Bertz CT molecular complexity index is 608. The van der Waals surface area contributed by atoms with Crippen LogP contribution in [-0.2, 0) is 10.0 Å². The predicted octanol–water partition coefficient (Wildman–Crippen LogP) is 4.59. The van der Waals surface area contributed by atoms with Gasteiger partial charge in [0.25, 0.3) is 0 Å². The first-order chi connectivity index (χ1) is 9.03. The van der Waals surface area contributed by atoms with Gasteiger partial charge in [0, 0.05) is 18.6 Å². The van der Waals surface area contributed by atoms with Gasteiger partial charge in [-0.2, -0.15) is 0 Å². The van der Waals surface area contributed by atoms with Crippen LogP contribution in [0.25, 0.3) is 5.65 Å². The Balaban J connectivity index is 2.34. The van der Waals surface area contributed by atoms with Gasteiger partial charge in [-0.3, -0.25) is 0 Å². The van der Waals surface area contributed by atoms with Crippen molar-refractivity contribution in [1.29, 1.82) is 0 Å². The minimum Gasteiger partial charge on any atom is -0.408 e. The number of pyridine rings is 1. The molecule has 4 heteroatoms. The predicted molar refractivity (Wildman–Crippen MR) is 86.5 cm³/mol. The molecule has 2 heterocycles. The van der Waals surface area contributed by atoms with E-state index >= 15 is 0 Å². The number of hydrogen-bond acceptors (Lipinski definition) is 2. The lowest BCUT2D eigenvalue weighted by Crippen LogP contribution is -2.46. The second kappa shape index (κ2) is 4.71. The van der Waals surface area contributed by atoms with E-state index in [1.807, 2.05) is 22.9 Å². The van der Waals surface area contributed by atoms with Crippen molar-refractivity contribution < 1.29 is 4.43 Å². The number of nitrogens with zero attached hydrogens (tertiary/aromatic N) is 2. The van der Waals surface area contributed by atoms with Gasteiger partial charge >= 0.3 is 0 Å². The van der Waals surface area contributed by atoms with Gasteiger partial charge in [-0.25, -0.2) is 4.98 Å². The normalized spacial score (nSPS) is 13.9. The molecule has 3 nitrogen and oxygen atoms in total. The molecule has 0 radical (unpaired) electrons. The van der Waals surface area contributed by atoms with Crippen molar-refractivity contribution in [2.45, 2.75) is 58.4 Å². The van der Waals surface area contributed by atoms with Gasteiger partial charge in [0.05, 0.1) is 5.60 Å². The van der Waals surface area contributed by atoms with Crippen molar-refractivity contribution >= 4 is 14.0 Å². The first kappa shape index (κ1) is 15.3. The number of hydrogen-bond donors (Lipinski definition) is 0. The lowest BCUT2D eigenvalue weighted by Gasteiger charge is -2.43. The van der Waals surface area contributed by atoms with E-state index < -0.39 is 8.32 Å². The smallest absolute Gasteiger partial charge is 0.193 e. The Morgan fingerprint density at radius 3 is 2.35 bits per heavy atom. The molecule has 0 unspecified atom stereocenters. The zero-order valence-corrected chi connectivity index (χ0v) is 14.7. The monoisotopic (exact) mass is 290 g/mol. The van der Waals surface area contributed by atoms with Gasteiger partial charge in [0.1, 0.15) is 5.65 Å². The van der Waals surface area contributed by atoms with E-state index in [0.29, 0.717) is 0 Å². The van der Waals surface area contributed by atoms with E-state index in [1.165, 1.54) is 5.56 Å². The van der Waals surface area contributed by atoms with Gasteiger partial charge in [-0.05, 0) is 43.6 Å². The van der Waals surface area contributed by atoms with E-state index in [4.69, 9.17) is 4.43 Å². The summed E-state index contributed by atoms with van der Waals surface area (Å²) in [6.07, 6.45) is 5.91. The van der Waals surface area contributed by atoms with Crippen molar-refractivity contribution in [2.24, 2.45) is 0 Å². The molecule has 0 saturated carbocycles. The van der Waals surface area contributed by atoms with E-state index in [2.05, 4.69) is 65.0 Å². The molecule has 110 valence electrons. The summed E-state index contributed by atoms with van der Waals surface area (Å²) in [4.78, 5) is 4.29. The molecule has 2 rings (SSSR count). The quantitative estimate of drug-likeness (QED) is 0.773.